The second kappa shape index (κ2) is 3.55. The molecule has 1 aromatic carbocycles. The Bertz CT molecular complexity index is 478. The van der Waals surface area contributed by atoms with Crippen LogP contribution in [0.1, 0.15) is 9.67 Å². The minimum atomic E-state index is 0.709. The van der Waals surface area contributed by atoms with E-state index >= 15 is 0 Å². The molecule has 0 saturated heterocycles. The lowest BCUT2D eigenvalue weighted by Gasteiger charge is -1.90. The third kappa shape index (κ3) is 1.60. The molecule has 13 heavy (non-hydrogen) atoms. The van der Waals surface area contributed by atoms with Crippen molar-refractivity contribution in [1.29, 1.82) is 0 Å². The van der Waals surface area contributed by atoms with E-state index in [4.69, 9.17) is 11.6 Å². The van der Waals surface area contributed by atoms with Crippen LogP contribution < -0.4 is 0 Å². The number of hydrogen-bond donors (Lipinski definition) is 0. The first kappa shape index (κ1) is 9.43. The first-order valence-electron chi connectivity index (χ1n) is 3.55. The summed E-state index contributed by atoms with van der Waals surface area (Å²) in [7, 11) is 0. The van der Waals surface area contributed by atoms with Crippen molar-refractivity contribution in [2.75, 3.05) is 0 Å². The second-order valence-corrected chi connectivity index (χ2v) is 5.14. The molecule has 1 nitrogen and oxygen atoms in total. The zero-order chi connectivity index (χ0) is 9.42. The van der Waals surface area contributed by atoms with Crippen LogP contribution in [0.5, 0.6) is 0 Å². The third-order valence-corrected chi connectivity index (χ3v) is 4.58. The van der Waals surface area contributed by atoms with Crippen LogP contribution in [0, 0.1) is 3.57 Å². The predicted molar refractivity (Wildman–Crippen MR) is 64.9 cm³/mol. The number of aldehydes is 1. The highest BCUT2D eigenvalue weighted by molar-refractivity contribution is 14.1. The fraction of sp³-hybridized carbons (Fsp3) is 0. The Morgan fingerprint density at radius 3 is 2.92 bits per heavy atom. The largest absolute Gasteiger partial charge is 0.297 e. The molecule has 0 fully saturated rings. The molecule has 0 unspecified atom stereocenters. The maximum Gasteiger partial charge on any atom is 0.161 e. The van der Waals surface area contributed by atoms with Gasteiger partial charge in [-0.3, -0.25) is 4.79 Å². The van der Waals surface area contributed by atoms with Crippen LogP contribution in [0.3, 0.4) is 0 Å². The molecule has 0 aliphatic carbocycles. The van der Waals surface area contributed by atoms with Crippen molar-refractivity contribution in [2.45, 2.75) is 0 Å². The molecule has 2 rings (SSSR count). The number of rotatable bonds is 1. The molecule has 0 spiro atoms. The van der Waals surface area contributed by atoms with Crippen molar-refractivity contribution in [3.05, 3.63) is 31.7 Å². The van der Waals surface area contributed by atoms with Gasteiger partial charge in [0.05, 0.1) is 4.88 Å². The lowest BCUT2D eigenvalue weighted by atomic mass is 10.2. The van der Waals surface area contributed by atoms with Gasteiger partial charge in [0.15, 0.2) is 6.29 Å². The van der Waals surface area contributed by atoms with E-state index in [0.717, 1.165) is 24.8 Å². The fourth-order valence-corrected chi connectivity index (χ4v) is 3.28. The molecule has 4 heteroatoms. The van der Waals surface area contributed by atoms with Crippen LogP contribution in [0.2, 0.25) is 5.02 Å². The summed E-state index contributed by atoms with van der Waals surface area (Å²) in [5.74, 6) is 0. The molecule has 0 aliphatic rings. The maximum absolute atomic E-state index is 10.7. The number of fused-ring (bicyclic) bond motifs is 1. The van der Waals surface area contributed by atoms with E-state index in [1.165, 1.54) is 11.3 Å². The Morgan fingerprint density at radius 1 is 1.46 bits per heavy atom. The molecule has 0 atom stereocenters. The Kier molecular flexibility index (Phi) is 2.58. The first-order valence-corrected chi connectivity index (χ1v) is 5.82. The summed E-state index contributed by atoms with van der Waals surface area (Å²) in [5, 5.41) is 1.78. The topological polar surface area (TPSA) is 17.1 Å². The molecular weight excluding hydrogens is 319 g/mol. The van der Waals surface area contributed by atoms with E-state index < -0.39 is 0 Å². The second-order valence-electron chi connectivity index (χ2n) is 2.54. The lowest BCUT2D eigenvalue weighted by molar-refractivity contribution is 0.112. The van der Waals surface area contributed by atoms with Crippen LogP contribution in [0.15, 0.2) is 18.2 Å². The highest BCUT2D eigenvalue weighted by Crippen LogP contribution is 2.32. The first-order chi connectivity index (χ1) is 6.22. The Labute approximate surface area is 97.8 Å². The standard InChI is InChI=1S/C9H4ClIOS/c10-5-1-2-7-6(3-5)9(11)8(4-12)13-7/h1-4H. The number of thiophene rings is 1. The quantitative estimate of drug-likeness (QED) is 0.573. The zero-order valence-corrected chi connectivity index (χ0v) is 10.1. The van der Waals surface area contributed by atoms with E-state index in [0.29, 0.717) is 5.02 Å². The zero-order valence-electron chi connectivity index (χ0n) is 6.38. The number of benzene rings is 1. The van der Waals surface area contributed by atoms with Crippen LogP contribution in [0.25, 0.3) is 10.1 Å². The molecule has 0 radical (unpaired) electrons. The molecule has 1 heterocycles. The van der Waals surface area contributed by atoms with Crippen LogP contribution >= 0.6 is 45.5 Å². The summed E-state index contributed by atoms with van der Waals surface area (Å²) in [6.07, 6.45) is 0.889. The summed E-state index contributed by atoms with van der Waals surface area (Å²) >= 11 is 9.53. The Hall–Kier alpha value is -0.130. The highest BCUT2D eigenvalue weighted by atomic mass is 127. The maximum atomic E-state index is 10.7. The number of carbonyl (C=O) groups is 1. The van der Waals surface area contributed by atoms with Crippen molar-refractivity contribution in [2.24, 2.45) is 0 Å². The monoisotopic (exact) mass is 322 g/mol. The van der Waals surface area contributed by atoms with Crippen molar-refractivity contribution in [3.8, 4) is 0 Å². The molecule has 0 N–H and O–H groups in total. The smallest absolute Gasteiger partial charge is 0.161 e. The molecule has 0 saturated carbocycles. The highest BCUT2D eigenvalue weighted by Gasteiger charge is 2.08. The molecule has 0 bridgehead atoms. The van der Waals surface area contributed by atoms with Crippen LogP contribution in [-0.4, -0.2) is 6.29 Å². The Morgan fingerprint density at radius 2 is 2.23 bits per heavy atom. The van der Waals surface area contributed by atoms with Gasteiger partial charge in [0, 0.05) is 18.7 Å². The number of hydrogen-bond acceptors (Lipinski definition) is 2. The molecular formula is C9H4ClIOS. The van der Waals surface area contributed by atoms with Crippen LogP contribution in [-0.2, 0) is 0 Å². The van der Waals surface area contributed by atoms with E-state index in [-0.39, 0.29) is 0 Å². The number of carbonyl (C=O) groups excluding carboxylic acids is 1. The fourth-order valence-electron chi connectivity index (χ4n) is 1.13. The van der Waals surface area contributed by atoms with Gasteiger partial charge < -0.3 is 0 Å². The lowest BCUT2D eigenvalue weighted by Crippen LogP contribution is -1.74. The minimum Gasteiger partial charge on any atom is -0.297 e. The van der Waals surface area contributed by atoms with Gasteiger partial charge in [-0.1, -0.05) is 11.6 Å². The molecule has 1 aromatic heterocycles. The predicted octanol–water partition coefficient (Wildman–Crippen LogP) is 3.97. The van der Waals surface area contributed by atoms with E-state index in [1.807, 2.05) is 18.2 Å². The third-order valence-electron chi connectivity index (χ3n) is 1.72. The average Bonchev–Trinajstić information content (AvgIpc) is 2.44. The summed E-state index contributed by atoms with van der Waals surface area (Å²) in [6.45, 7) is 0. The van der Waals surface area contributed by atoms with Gasteiger partial charge in [-0.2, -0.15) is 0 Å². The van der Waals surface area contributed by atoms with Gasteiger partial charge >= 0.3 is 0 Å². The van der Waals surface area contributed by atoms with Gasteiger partial charge in [0.25, 0.3) is 0 Å². The SMILES string of the molecule is O=Cc1sc2ccc(Cl)cc2c1I. The van der Waals surface area contributed by atoms with Crippen molar-refractivity contribution in [1.82, 2.24) is 0 Å². The normalized spacial score (nSPS) is 10.6. The van der Waals surface area contributed by atoms with Gasteiger partial charge in [-0.25, -0.2) is 0 Å². The summed E-state index contributed by atoms with van der Waals surface area (Å²) in [4.78, 5) is 11.4. The van der Waals surface area contributed by atoms with E-state index in [1.54, 1.807) is 0 Å². The van der Waals surface area contributed by atoms with Crippen LogP contribution in [0.4, 0.5) is 0 Å². The van der Waals surface area contributed by atoms with Gasteiger partial charge in [-0.05, 0) is 40.8 Å². The van der Waals surface area contributed by atoms with Crippen molar-refractivity contribution < 1.29 is 4.79 Å². The van der Waals surface area contributed by atoms with E-state index in [9.17, 15) is 4.79 Å². The molecule has 0 aliphatic heterocycles. The summed E-state index contributed by atoms with van der Waals surface area (Å²) < 4.78 is 2.10. The average molecular weight is 323 g/mol. The van der Waals surface area contributed by atoms with E-state index in [2.05, 4.69) is 22.6 Å². The summed E-state index contributed by atoms with van der Waals surface area (Å²) in [6, 6.07) is 5.67. The van der Waals surface area contributed by atoms with Crippen molar-refractivity contribution >= 4 is 61.9 Å². The minimum absolute atomic E-state index is 0.709. The molecule has 66 valence electrons. The summed E-state index contributed by atoms with van der Waals surface area (Å²) in [5.41, 5.74) is 0. The Balaban J connectivity index is 2.84. The number of halogens is 2. The van der Waals surface area contributed by atoms with Gasteiger partial charge in [-0.15, -0.1) is 11.3 Å². The van der Waals surface area contributed by atoms with Gasteiger partial charge in [0.2, 0.25) is 0 Å². The molecule has 0 amide bonds. The van der Waals surface area contributed by atoms with Crippen molar-refractivity contribution in [3.63, 3.8) is 0 Å². The molecule has 2 aromatic rings. The van der Waals surface area contributed by atoms with Gasteiger partial charge in [0.1, 0.15) is 0 Å².